The van der Waals surface area contributed by atoms with Crippen molar-refractivity contribution in [2.45, 2.75) is 37.3 Å². The van der Waals surface area contributed by atoms with Gasteiger partial charge in [0.1, 0.15) is 5.76 Å². The van der Waals surface area contributed by atoms with Crippen LogP contribution >= 0.6 is 15.9 Å². The minimum atomic E-state index is -1.21. The maximum Gasteiger partial charge on any atom is 0.287 e. The highest BCUT2D eigenvalue weighted by Crippen LogP contribution is 2.17. The number of hydrogen-bond donors (Lipinski definition) is 1. The van der Waals surface area contributed by atoms with Gasteiger partial charge in [-0.2, -0.15) is 0 Å². The first kappa shape index (κ1) is 21.9. The van der Waals surface area contributed by atoms with Gasteiger partial charge in [-0.1, -0.05) is 29.8 Å². The fourth-order valence-electron chi connectivity index (χ4n) is 2.76. The largest absolute Gasteiger partial charge is 0.455 e. The van der Waals surface area contributed by atoms with Crippen molar-refractivity contribution in [2.75, 3.05) is 26.2 Å². The zero-order valence-electron chi connectivity index (χ0n) is 15.9. The van der Waals surface area contributed by atoms with Gasteiger partial charge in [0.15, 0.2) is 5.76 Å². The fraction of sp³-hybridized carbons (Fsp3) is 0.450. The summed E-state index contributed by atoms with van der Waals surface area (Å²) in [6, 6.07) is 10.7. The number of furan rings is 1. The van der Waals surface area contributed by atoms with Crippen LogP contribution in [0.2, 0.25) is 0 Å². The van der Waals surface area contributed by atoms with Crippen LogP contribution in [0.4, 0.5) is 0 Å². The summed E-state index contributed by atoms with van der Waals surface area (Å²) in [6.07, 6.45) is 2.20. The molecule has 0 spiro atoms. The number of amides is 1. The van der Waals surface area contributed by atoms with Crippen LogP contribution in [0.25, 0.3) is 0 Å². The van der Waals surface area contributed by atoms with E-state index >= 15 is 0 Å². The van der Waals surface area contributed by atoms with Crippen LogP contribution < -0.4 is 5.32 Å². The van der Waals surface area contributed by atoms with E-state index in [9.17, 15) is 9.00 Å². The molecule has 0 fully saturated rings. The quantitative estimate of drug-likeness (QED) is 0.552. The maximum absolute atomic E-state index is 12.4. The van der Waals surface area contributed by atoms with Crippen molar-refractivity contribution in [3.63, 3.8) is 0 Å². The summed E-state index contributed by atoms with van der Waals surface area (Å²) in [5.74, 6) is 0.814. The summed E-state index contributed by atoms with van der Waals surface area (Å²) >= 11 is 3.36. The van der Waals surface area contributed by atoms with Crippen molar-refractivity contribution in [1.82, 2.24) is 10.2 Å². The predicted molar refractivity (Wildman–Crippen MR) is 112 cm³/mol. The normalized spacial score (nSPS) is 12.3. The number of nitrogens with one attached hydrogen (secondary N) is 1. The lowest BCUT2D eigenvalue weighted by Gasteiger charge is -2.20. The number of halogens is 1. The van der Waals surface area contributed by atoms with Gasteiger partial charge >= 0.3 is 0 Å². The van der Waals surface area contributed by atoms with Gasteiger partial charge in [-0.3, -0.25) is 9.00 Å². The second kappa shape index (κ2) is 11.4. The number of carbonyl (C=O) groups excluding carboxylic acids is 1. The van der Waals surface area contributed by atoms with E-state index in [0.29, 0.717) is 12.3 Å². The molecule has 0 saturated heterocycles. The van der Waals surface area contributed by atoms with Gasteiger partial charge in [0.2, 0.25) is 0 Å². The van der Waals surface area contributed by atoms with Gasteiger partial charge in [-0.25, -0.2) is 0 Å². The molecule has 0 aliphatic heterocycles. The second-order valence-electron chi connectivity index (χ2n) is 6.31. The fourth-order valence-corrected chi connectivity index (χ4v) is 4.04. The van der Waals surface area contributed by atoms with Crippen molar-refractivity contribution < 1.29 is 13.4 Å². The lowest BCUT2D eigenvalue weighted by atomic mass is 10.3. The molecule has 0 bridgehead atoms. The van der Waals surface area contributed by atoms with Crippen molar-refractivity contribution in [1.29, 1.82) is 0 Å². The maximum atomic E-state index is 12.4. The molecule has 1 N–H and O–H groups in total. The molecule has 5 nitrogen and oxygen atoms in total. The number of hydrogen-bond acceptors (Lipinski definition) is 4. The topological polar surface area (TPSA) is 62.6 Å². The molecular weight excluding hydrogens is 428 g/mol. The zero-order valence-corrected chi connectivity index (χ0v) is 18.3. The molecule has 0 aliphatic rings. The molecule has 0 saturated carbocycles. The average Bonchev–Trinajstić information content (AvgIpc) is 3.11. The zero-order chi connectivity index (χ0) is 19.6. The van der Waals surface area contributed by atoms with E-state index in [1.54, 1.807) is 12.1 Å². The van der Waals surface area contributed by atoms with Gasteiger partial charge < -0.3 is 14.6 Å². The third-order valence-electron chi connectivity index (χ3n) is 4.03. The van der Waals surface area contributed by atoms with Crippen molar-refractivity contribution in [3.8, 4) is 0 Å². The van der Waals surface area contributed by atoms with Crippen LogP contribution in [-0.4, -0.2) is 41.2 Å². The van der Waals surface area contributed by atoms with E-state index in [1.165, 1.54) is 0 Å². The molecule has 7 heteroatoms. The molecule has 1 atom stereocenters. The monoisotopic (exact) mass is 454 g/mol. The van der Waals surface area contributed by atoms with Crippen LogP contribution in [0.3, 0.4) is 0 Å². The number of rotatable bonds is 11. The van der Waals surface area contributed by atoms with E-state index in [2.05, 4.69) is 40.0 Å². The Morgan fingerprint density at radius 1 is 1.07 bits per heavy atom. The molecule has 0 aliphatic carbocycles. The molecule has 27 heavy (non-hydrogen) atoms. The Balaban J connectivity index is 1.84. The number of nitrogens with zero attached hydrogens (tertiary/aromatic N) is 1. The summed E-state index contributed by atoms with van der Waals surface area (Å²) in [4.78, 5) is 15.3. The van der Waals surface area contributed by atoms with Crippen molar-refractivity contribution in [2.24, 2.45) is 0 Å². The van der Waals surface area contributed by atoms with E-state index < -0.39 is 10.8 Å². The Morgan fingerprint density at radius 2 is 1.74 bits per heavy atom. The van der Waals surface area contributed by atoms with Crippen LogP contribution in [0.5, 0.6) is 0 Å². The van der Waals surface area contributed by atoms with Crippen LogP contribution in [0.1, 0.15) is 43.0 Å². The highest BCUT2D eigenvalue weighted by molar-refractivity contribution is 9.10. The number of benzene rings is 1. The Labute approximate surface area is 172 Å². The van der Waals surface area contributed by atoms with Gasteiger partial charge in [-0.15, -0.1) is 0 Å². The summed E-state index contributed by atoms with van der Waals surface area (Å²) in [6.45, 7) is 7.80. The molecule has 148 valence electrons. The van der Waals surface area contributed by atoms with Gasteiger partial charge in [0.25, 0.3) is 5.91 Å². The molecule has 1 aromatic carbocycles. The summed E-state index contributed by atoms with van der Waals surface area (Å²) in [5, 5.41) is 2.90. The molecule has 2 rings (SSSR count). The van der Waals surface area contributed by atoms with Crippen LogP contribution in [0.15, 0.2) is 50.2 Å². The second-order valence-corrected chi connectivity index (χ2v) is 8.67. The van der Waals surface area contributed by atoms with Gasteiger partial charge in [0, 0.05) is 22.5 Å². The smallest absolute Gasteiger partial charge is 0.287 e. The Hall–Kier alpha value is -1.44. The standard InChI is InChI=1S/C20H27BrN2O3S/c1-3-12-23(13-4-2)14-11-22-20(24)19-10-7-17(26-19)15-27(25)18-8-5-16(21)6-9-18/h5-10H,3-4,11-15H2,1-2H3,(H,22,24)/t27-/m1/s1. The minimum absolute atomic E-state index is 0.233. The SMILES string of the molecule is CCCN(CCC)CCNC(=O)c1ccc(C[S@@](=O)c2ccc(Br)cc2)o1. The third-order valence-corrected chi connectivity index (χ3v) is 5.90. The molecule has 1 aromatic heterocycles. The van der Waals surface area contributed by atoms with E-state index in [1.807, 2.05) is 24.3 Å². The summed E-state index contributed by atoms with van der Waals surface area (Å²) < 4.78 is 18.9. The van der Waals surface area contributed by atoms with Crippen LogP contribution in [-0.2, 0) is 16.6 Å². The molecule has 2 aromatic rings. The number of carbonyl (C=O) groups is 1. The van der Waals surface area contributed by atoms with E-state index in [-0.39, 0.29) is 17.4 Å². The molecule has 1 amide bonds. The third kappa shape index (κ3) is 7.24. The van der Waals surface area contributed by atoms with E-state index in [0.717, 1.165) is 41.8 Å². The first-order chi connectivity index (χ1) is 13.0. The molecular formula is C20H27BrN2O3S. The molecule has 0 radical (unpaired) electrons. The molecule has 0 unspecified atom stereocenters. The highest BCUT2D eigenvalue weighted by atomic mass is 79.9. The predicted octanol–water partition coefficient (Wildman–Crippen LogP) is 4.20. The van der Waals surface area contributed by atoms with Gasteiger partial charge in [-0.05, 0) is 62.3 Å². The summed E-state index contributed by atoms with van der Waals surface area (Å²) in [7, 11) is -1.21. The average molecular weight is 455 g/mol. The first-order valence-electron chi connectivity index (χ1n) is 9.26. The van der Waals surface area contributed by atoms with Crippen molar-refractivity contribution in [3.05, 3.63) is 52.4 Å². The Morgan fingerprint density at radius 3 is 2.37 bits per heavy atom. The lowest BCUT2D eigenvalue weighted by molar-refractivity contribution is 0.0919. The minimum Gasteiger partial charge on any atom is -0.455 e. The lowest BCUT2D eigenvalue weighted by Crippen LogP contribution is -2.35. The Bertz CT molecular complexity index is 740. The first-order valence-corrected chi connectivity index (χ1v) is 11.4. The Kier molecular flexibility index (Phi) is 9.24. The highest BCUT2D eigenvalue weighted by Gasteiger charge is 2.14. The van der Waals surface area contributed by atoms with Gasteiger partial charge in [0.05, 0.1) is 16.6 Å². The molecule has 1 heterocycles. The van der Waals surface area contributed by atoms with Crippen LogP contribution in [0, 0.1) is 0 Å². The summed E-state index contributed by atoms with van der Waals surface area (Å²) in [5.41, 5.74) is 0. The van der Waals surface area contributed by atoms with E-state index in [4.69, 9.17) is 4.42 Å². The van der Waals surface area contributed by atoms with Crippen molar-refractivity contribution >= 4 is 32.6 Å².